The molecule has 162 valence electrons. The number of morpholine rings is 1. The number of aromatic nitrogens is 1. The average Bonchev–Trinajstić information content (AvgIpc) is 3.05. The summed E-state index contributed by atoms with van der Waals surface area (Å²) < 4.78 is 18.7. The Morgan fingerprint density at radius 1 is 1.10 bits per heavy atom. The number of hydrogen-bond donors (Lipinski definition) is 1. The van der Waals surface area contributed by atoms with Crippen LogP contribution >= 0.6 is 0 Å². The van der Waals surface area contributed by atoms with Crippen molar-refractivity contribution in [3.63, 3.8) is 0 Å². The second-order valence-corrected chi connectivity index (χ2v) is 7.56. The fourth-order valence-electron chi connectivity index (χ4n) is 4.01. The lowest BCUT2D eigenvalue weighted by Gasteiger charge is -2.28. The zero-order valence-electron chi connectivity index (χ0n) is 17.0. The third-order valence-corrected chi connectivity index (χ3v) is 5.60. The Balaban J connectivity index is 1.64. The first-order chi connectivity index (χ1) is 15.1. The van der Waals surface area contributed by atoms with E-state index >= 15 is 0 Å². The van der Waals surface area contributed by atoms with Gasteiger partial charge in [-0.05, 0) is 42.8 Å². The summed E-state index contributed by atoms with van der Waals surface area (Å²) in [7, 11) is 0. The summed E-state index contributed by atoms with van der Waals surface area (Å²) in [6.07, 6.45) is 2.26. The summed E-state index contributed by atoms with van der Waals surface area (Å²) in [6, 6.07) is 9.60. The number of rotatable bonds is 6. The monoisotopic (exact) mass is 425 g/mol. The van der Waals surface area contributed by atoms with Crippen molar-refractivity contribution in [2.45, 2.75) is 12.5 Å². The van der Waals surface area contributed by atoms with Gasteiger partial charge in [0.2, 0.25) is 0 Å². The minimum absolute atomic E-state index is 0.0262. The summed E-state index contributed by atoms with van der Waals surface area (Å²) in [4.78, 5) is 33.9. The van der Waals surface area contributed by atoms with Crippen molar-refractivity contribution < 1.29 is 23.8 Å². The molecule has 1 amide bonds. The summed E-state index contributed by atoms with van der Waals surface area (Å²) in [5.74, 6) is -2.21. The zero-order chi connectivity index (χ0) is 21.8. The quantitative estimate of drug-likeness (QED) is 0.435. The average molecular weight is 425 g/mol. The van der Waals surface area contributed by atoms with Crippen LogP contribution in [0.15, 0.2) is 54.2 Å². The van der Waals surface area contributed by atoms with Crippen LogP contribution < -0.4 is 0 Å². The molecule has 4 rings (SSSR count). The lowest BCUT2D eigenvalue weighted by molar-refractivity contribution is -0.140. The van der Waals surface area contributed by atoms with Crippen molar-refractivity contribution in [1.82, 2.24) is 14.8 Å². The first-order valence-corrected chi connectivity index (χ1v) is 10.3. The van der Waals surface area contributed by atoms with Crippen LogP contribution in [0, 0.1) is 5.82 Å². The number of amides is 1. The molecule has 2 aromatic rings. The number of carbonyl (C=O) groups excluding carboxylic acids is 2. The molecule has 8 heteroatoms. The zero-order valence-corrected chi connectivity index (χ0v) is 17.0. The van der Waals surface area contributed by atoms with Crippen molar-refractivity contribution >= 4 is 17.4 Å². The SMILES string of the molecule is O=C1C(=O)N(CCCN2CCOCC2)[C@H](c2ccccn2)C1=C(O)c1ccc(F)cc1. The number of pyridine rings is 1. The van der Waals surface area contributed by atoms with Crippen LogP contribution in [-0.2, 0) is 14.3 Å². The smallest absolute Gasteiger partial charge is 0.295 e. The number of Topliss-reactive ketones (excluding diaryl/α,β-unsaturated/α-hetero) is 1. The lowest BCUT2D eigenvalue weighted by atomic mass is 9.98. The second kappa shape index (κ2) is 9.36. The lowest BCUT2D eigenvalue weighted by Crippen LogP contribution is -2.39. The maximum Gasteiger partial charge on any atom is 0.295 e. The fraction of sp³-hybridized carbons (Fsp3) is 0.348. The van der Waals surface area contributed by atoms with Crippen LogP contribution in [0.2, 0.25) is 0 Å². The summed E-state index contributed by atoms with van der Waals surface area (Å²) in [5.41, 5.74) is 0.743. The van der Waals surface area contributed by atoms with Crippen LogP contribution in [0.25, 0.3) is 5.76 Å². The van der Waals surface area contributed by atoms with E-state index < -0.39 is 23.5 Å². The van der Waals surface area contributed by atoms with E-state index in [9.17, 15) is 19.1 Å². The van der Waals surface area contributed by atoms with Gasteiger partial charge in [-0.25, -0.2) is 4.39 Å². The number of aliphatic hydroxyl groups excluding tert-OH is 1. The molecule has 0 radical (unpaired) electrons. The Bertz CT molecular complexity index is 972. The van der Waals surface area contributed by atoms with Crippen molar-refractivity contribution in [3.8, 4) is 0 Å². The van der Waals surface area contributed by atoms with E-state index in [4.69, 9.17) is 4.74 Å². The van der Waals surface area contributed by atoms with Crippen molar-refractivity contribution in [2.75, 3.05) is 39.4 Å². The standard InChI is InChI=1S/C23H24FN3O4/c24-17-7-5-16(6-8-17)21(28)19-20(18-4-1-2-9-25-18)27(23(30)22(19)29)11-3-10-26-12-14-31-15-13-26/h1-2,4-9,20,28H,3,10-15H2/t20-/m1/s1. The predicted octanol–water partition coefficient (Wildman–Crippen LogP) is 2.36. The van der Waals surface area contributed by atoms with Gasteiger partial charge in [-0.2, -0.15) is 0 Å². The van der Waals surface area contributed by atoms with E-state index in [0.29, 0.717) is 31.9 Å². The molecule has 1 N–H and O–H groups in total. The molecule has 2 aliphatic rings. The number of likely N-dealkylation sites (tertiary alicyclic amines) is 1. The van der Waals surface area contributed by atoms with Gasteiger partial charge < -0.3 is 14.7 Å². The number of ether oxygens (including phenoxy) is 1. The molecule has 0 saturated carbocycles. The Morgan fingerprint density at radius 2 is 1.84 bits per heavy atom. The highest BCUT2D eigenvalue weighted by atomic mass is 19.1. The van der Waals surface area contributed by atoms with Gasteiger partial charge in [0.15, 0.2) is 0 Å². The van der Waals surface area contributed by atoms with Gasteiger partial charge in [-0.15, -0.1) is 0 Å². The van der Waals surface area contributed by atoms with E-state index in [1.807, 2.05) is 0 Å². The summed E-state index contributed by atoms with van der Waals surface area (Å²) >= 11 is 0. The highest BCUT2D eigenvalue weighted by Gasteiger charge is 2.46. The van der Waals surface area contributed by atoms with Gasteiger partial charge in [0, 0.05) is 37.9 Å². The first-order valence-electron chi connectivity index (χ1n) is 10.3. The molecule has 1 aromatic carbocycles. The second-order valence-electron chi connectivity index (χ2n) is 7.56. The Kier molecular flexibility index (Phi) is 6.39. The maximum atomic E-state index is 13.3. The van der Waals surface area contributed by atoms with Crippen molar-refractivity contribution in [1.29, 1.82) is 0 Å². The largest absolute Gasteiger partial charge is 0.507 e. The third-order valence-electron chi connectivity index (χ3n) is 5.60. The molecule has 0 unspecified atom stereocenters. The van der Waals surface area contributed by atoms with E-state index in [2.05, 4.69) is 9.88 Å². The molecule has 7 nitrogen and oxygen atoms in total. The number of halogens is 1. The van der Waals surface area contributed by atoms with Gasteiger partial charge in [-0.1, -0.05) is 6.07 Å². The number of nitrogens with zero attached hydrogens (tertiary/aromatic N) is 3. The van der Waals surface area contributed by atoms with Crippen LogP contribution in [0.5, 0.6) is 0 Å². The highest BCUT2D eigenvalue weighted by molar-refractivity contribution is 6.46. The van der Waals surface area contributed by atoms with Crippen molar-refractivity contribution in [3.05, 3.63) is 71.3 Å². The van der Waals surface area contributed by atoms with Gasteiger partial charge in [-0.3, -0.25) is 19.5 Å². The number of carbonyl (C=O) groups is 2. The molecule has 1 aromatic heterocycles. The van der Waals surface area contributed by atoms with E-state index in [0.717, 1.165) is 19.6 Å². The Morgan fingerprint density at radius 3 is 2.52 bits per heavy atom. The first kappa shape index (κ1) is 21.1. The number of benzene rings is 1. The van der Waals surface area contributed by atoms with Gasteiger partial charge >= 0.3 is 0 Å². The van der Waals surface area contributed by atoms with E-state index in [1.165, 1.54) is 29.2 Å². The number of hydrogen-bond acceptors (Lipinski definition) is 6. The van der Waals surface area contributed by atoms with Crippen molar-refractivity contribution in [2.24, 2.45) is 0 Å². The summed E-state index contributed by atoms with van der Waals surface area (Å²) in [6.45, 7) is 4.19. The molecule has 0 bridgehead atoms. The van der Waals surface area contributed by atoms with Gasteiger partial charge in [0.05, 0.1) is 24.5 Å². The number of ketones is 1. The molecule has 0 spiro atoms. The van der Waals surface area contributed by atoms with Gasteiger partial charge in [0.25, 0.3) is 11.7 Å². The molecule has 1 atom stereocenters. The Hall–Kier alpha value is -3.10. The molecule has 3 heterocycles. The van der Waals surface area contributed by atoms with Gasteiger partial charge in [0.1, 0.15) is 17.6 Å². The number of aliphatic hydroxyl groups is 1. The van der Waals surface area contributed by atoms with Crippen LogP contribution in [0.4, 0.5) is 4.39 Å². The molecular formula is C23H24FN3O4. The maximum absolute atomic E-state index is 13.3. The van der Waals surface area contributed by atoms with Crippen LogP contribution in [0.1, 0.15) is 23.7 Å². The minimum Gasteiger partial charge on any atom is -0.507 e. The van der Waals surface area contributed by atoms with Crippen LogP contribution in [0.3, 0.4) is 0 Å². The van der Waals surface area contributed by atoms with E-state index in [1.54, 1.807) is 24.4 Å². The Labute approximate surface area is 179 Å². The normalized spacial score (nSPS) is 21.6. The molecule has 2 fully saturated rings. The molecule has 2 aliphatic heterocycles. The molecule has 0 aliphatic carbocycles. The van der Waals surface area contributed by atoms with Crippen LogP contribution in [-0.4, -0.2) is 71.0 Å². The molecular weight excluding hydrogens is 401 g/mol. The molecule has 31 heavy (non-hydrogen) atoms. The molecule has 2 saturated heterocycles. The fourth-order valence-corrected chi connectivity index (χ4v) is 4.01. The van der Waals surface area contributed by atoms with E-state index in [-0.39, 0.29) is 16.9 Å². The topological polar surface area (TPSA) is 83.0 Å². The predicted molar refractivity (Wildman–Crippen MR) is 112 cm³/mol. The summed E-state index contributed by atoms with van der Waals surface area (Å²) in [5, 5.41) is 10.9. The highest BCUT2D eigenvalue weighted by Crippen LogP contribution is 2.38. The minimum atomic E-state index is -0.795. The third kappa shape index (κ3) is 4.50.